The molecule has 178 valence electrons. The Morgan fingerprint density at radius 3 is 2.44 bits per heavy atom. The van der Waals surface area contributed by atoms with Crippen molar-refractivity contribution in [2.24, 2.45) is 0 Å². The summed E-state index contributed by atoms with van der Waals surface area (Å²) in [6.07, 6.45) is -12.8. The Morgan fingerprint density at radius 2 is 1.84 bits per heavy atom. The molecule has 0 unspecified atom stereocenters. The Morgan fingerprint density at radius 1 is 1.19 bits per heavy atom. The molecule has 0 spiro atoms. The second-order valence-electron chi connectivity index (χ2n) is 8.35. The van der Waals surface area contributed by atoms with Gasteiger partial charge in [-0.15, -0.1) is 10.2 Å². The first-order valence-corrected chi connectivity index (χ1v) is 9.51. The Balaban J connectivity index is 2.23. The van der Waals surface area contributed by atoms with Gasteiger partial charge in [0.05, 0.1) is 17.4 Å². The van der Waals surface area contributed by atoms with Crippen molar-refractivity contribution in [2.45, 2.75) is 69.1 Å². The molecule has 0 aliphatic carbocycles. The van der Waals surface area contributed by atoms with Gasteiger partial charge in [-0.2, -0.15) is 26.3 Å². The third-order valence-corrected chi connectivity index (χ3v) is 5.13. The van der Waals surface area contributed by atoms with Gasteiger partial charge in [-0.3, -0.25) is 0 Å². The number of nitrogens with one attached hydrogen (secondary N) is 1. The Hall–Kier alpha value is -2.61. The SMILES string of the molecule is CC1(C)CCC[C@@H](O)C[C@](O)(C(F)(F)F)c2nnc(o2)-c2nc(c(C(F)(F)F)cc2N)N1. The molecule has 4 bridgehead atoms. The van der Waals surface area contributed by atoms with Crippen molar-refractivity contribution in [1.29, 1.82) is 0 Å². The van der Waals surface area contributed by atoms with E-state index in [1.165, 1.54) is 0 Å². The van der Waals surface area contributed by atoms with E-state index in [-0.39, 0.29) is 19.3 Å². The van der Waals surface area contributed by atoms with Crippen molar-refractivity contribution < 1.29 is 41.0 Å². The molecule has 5 N–H and O–H groups in total. The van der Waals surface area contributed by atoms with Crippen molar-refractivity contribution in [2.75, 3.05) is 11.1 Å². The highest BCUT2D eigenvalue weighted by molar-refractivity contribution is 5.71. The van der Waals surface area contributed by atoms with Crippen LogP contribution < -0.4 is 11.1 Å². The number of pyridine rings is 1. The molecule has 2 aromatic rings. The van der Waals surface area contributed by atoms with Crippen LogP contribution in [0.3, 0.4) is 0 Å². The molecule has 2 aromatic heterocycles. The maximum atomic E-state index is 13.7. The number of nitrogens with two attached hydrogens (primary N) is 1. The van der Waals surface area contributed by atoms with Crippen LogP contribution in [0.15, 0.2) is 10.5 Å². The minimum atomic E-state index is -5.29. The van der Waals surface area contributed by atoms with Gasteiger partial charge in [0, 0.05) is 12.0 Å². The summed E-state index contributed by atoms with van der Waals surface area (Å²) in [6.45, 7) is 3.14. The van der Waals surface area contributed by atoms with E-state index in [0.717, 1.165) is 0 Å². The lowest BCUT2D eigenvalue weighted by Crippen LogP contribution is -2.45. The van der Waals surface area contributed by atoms with Gasteiger partial charge in [-0.25, -0.2) is 4.98 Å². The second-order valence-corrected chi connectivity index (χ2v) is 8.35. The molecule has 1 aliphatic rings. The number of aliphatic hydroxyl groups is 2. The lowest BCUT2D eigenvalue weighted by Gasteiger charge is -2.31. The lowest BCUT2D eigenvalue weighted by molar-refractivity contribution is -0.283. The van der Waals surface area contributed by atoms with Crippen molar-refractivity contribution in [3.8, 4) is 11.6 Å². The van der Waals surface area contributed by atoms with E-state index in [1.807, 2.05) is 0 Å². The number of anilines is 2. The minimum Gasteiger partial charge on any atom is -0.416 e. The van der Waals surface area contributed by atoms with E-state index in [9.17, 15) is 36.6 Å². The largest absolute Gasteiger partial charge is 0.426 e. The molecular weight excluding hydrogens is 448 g/mol. The highest BCUT2D eigenvalue weighted by Gasteiger charge is 2.59. The number of nitrogen functional groups attached to an aromatic ring is 1. The van der Waals surface area contributed by atoms with Crippen molar-refractivity contribution in [3.05, 3.63) is 17.5 Å². The molecule has 32 heavy (non-hydrogen) atoms. The number of rotatable bonds is 0. The lowest BCUT2D eigenvalue weighted by atomic mass is 9.90. The zero-order valence-corrected chi connectivity index (χ0v) is 17.0. The van der Waals surface area contributed by atoms with Crippen molar-refractivity contribution in [3.63, 3.8) is 0 Å². The smallest absolute Gasteiger partial charge is 0.416 e. The maximum absolute atomic E-state index is 13.7. The Kier molecular flexibility index (Phi) is 5.83. The zero-order chi connectivity index (χ0) is 24.1. The van der Waals surface area contributed by atoms with Crippen LogP contribution in [0.5, 0.6) is 0 Å². The first kappa shape index (κ1) is 24.0. The molecule has 0 saturated carbocycles. The van der Waals surface area contributed by atoms with Crippen LogP contribution in [-0.2, 0) is 11.8 Å². The summed E-state index contributed by atoms with van der Waals surface area (Å²) in [6, 6.07) is 0.566. The summed E-state index contributed by atoms with van der Waals surface area (Å²) in [5.41, 5.74) is -1.26. The predicted octanol–water partition coefficient (Wildman–Crippen LogP) is 3.61. The average Bonchev–Trinajstić information content (AvgIpc) is 3.10. The summed E-state index contributed by atoms with van der Waals surface area (Å²) in [5.74, 6) is -2.64. The molecule has 8 nitrogen and oxygen atoms in total. The monoisotopic (exact) mass is 469 g/mol. The van der Waals surface area contributed by atoms with Gasteiger partial charge in [0.2, 0.25) is 5.60 Å². The van der Waals surface area contributed by atoms with Gasteiger partial charge in [0.25, 0.3) is 11.8 Å². The molecule has 0 aromatic carbocycles. The van der Waals surface area contributed by atoms with Gasteiger partial charge >= 0.3 is 12.4 Å². The number of hydrogen-bond donors (Lipinski definition) is 4. The minimum absolute atomic E-state index is 0.132. The summed E-state index contributed by atoms with van der Waals surface area (Å²) in [5, 5.41) is 29.8. The first-order chi connectivity index (χ1) is 14.5. The fourth-order valence-electron chi connectivity index (χ4n) is 3.43. The molecule has 0 fully saturated rings. The zero-order valence-electron chi connectivity index (χ0n) is 17.0. The van der Waals surface area contributed by atoms with Crippen LogP contribution in [0.4, 0.5) is 37.8 Å². The molecule has 0 radical (unpaired) electrons. The Labute approximate surface area is 177 Å². The van der Waals surface area contributed by atoms with Crippen LogP contribution in [-0.4, -0.2) is 43.2 Å². The quantitative estimate of drug-likeness (QED) is 0.431. The highest BCUT2D eigenvalue weighted by Crippen LogP contribution is 2.44. The van der Waals surface area contributed by atoms with Gasteiger partial charge < -0.3 is 25.7 Å². The summed E-state index contributed by atoms with van der Waals surface area (Å²) >= 11 is 0. The predicted molar refractivity (Wildman–Crippen MR) is 99.1 cm³/mol. The van der Waals surface area contributed by atoms with Crippen LogP contribution in [0, 0.1) is 0 Å². The number of hydrogen-bond acceptors (Lipinski definition) is 8. The van der Waals surface area contributed by atoms with E-state index in [0.29, 0.717) is 6.07 Å². The van der Waals surface area contributed by atoms with Crippen LogP contribution >= 0.6 is 0 Å². The maximum Gasteiger partial charge on any atom is 0.426 e. The van der Waals surface area contributed by atoms with Gasteiger partial charge in [0.1, 0.15) is 5.82 Å². The second kappa shape index (κ2) is 7.76. The normalized spacial score (nSPS) is 24.5. The highest BCUT2D eigenvalue weighted by atomic mass is 19.4. The van der Waals surface area contributed by atoms with Crippen LogP contribution in [0.2, 0.25) is 0 Å². The van der Waals surface area contributed by atoms with Crippen molar-refractivity contribution >= 4 is 11.5 Å². The van der Waals surface area contributed by atoms with Crippen LogP contribution in [0.25, 0.3) is 11.6 Å². The molecule has 0 saturated heterocycles. The average molecular weight is 469 g/mol. The summed E-state index contributed by atoms with van der Waals surface area (Å²) < 4.78 is 86.7. The Bertz CT molecular complexity index is 990. The third kappa shape index (κ3) is 4.60. The number of fused-ring (bicyclic) bond motifs is 5. The first-order valence-electron chi connectivity index (χ1n) is 9.51. The van der Waals surface area contributed by atoms with E-state index >= 15 is 0 Å². The van der Waals surface area contributed by atoms with Gasteiger partial charge in [-0.05, 0) is 39.2 Å². The van der Waals surface area contributed by atoms with Gasteiger partial charge in [-0.1, -0.05) is 0 Å². The number of aromatic nitrogens is 3. The third-order valence-electron chi connectivity index (χ3n) is 5.13. The molecule has 14 heteroatoms. The number of aliphatic hydroxyl groups excluding tert-OH is 1. The van der Waals surface area contributed by atoms with Gasteiger partial charge in [0.15, 0.2) is 5.69 Å². The molecule has 3 rings (SSSR count). The van der Waals surface area contributed by atoms with E-state index in [4.69, 9.17) is 10.2 Å². The molecule has 2 atom stereocenters. The molecule has 1 aliphatic heterocycles. The fourth-order valence-corrected chi connectivity index (χ4v) is 3.43. The summed E-state index contributed by atoms with van der Waals surface area (Å²) in [4.78, 5) is 3.83. The number of halogens is 6. The standard InChI is InChI=1S/C18H21F6N5O3/c1-15(2)5-3-4-8(30)7-16(31,18(22,23)24)14-29-28-13(32-14)11-10(25)6-9(17(19,20)21)12(26-11)27-15/h6,8,30-31H,3-5,7,25H2,1-2H3,(H,26,27)/t8-,16-/m1/s1. The molecule has 0 amide bonds. The van der Waals surface area contributed by atoms with E-state index in [1.54, 1.807) is 13.8 Å². The number of alkyl halides is 6. The molecular formula is C18H21F6N5O3. The molecule has 3 heterocycles. The van der Waals surface area contributed by atoms with Crippen LogP contribution in [0.1, 0.15) is 51.0 Å². The van der Waals surface area contributed by atoms with E-state index < -0.39 is 70.6 Å². The van der Waals surface area contributed by atoms with Crippen molar-refractivity contribution in [1.82, 2.24) is 15.2 Å². The van der Waals surface area contributed by atoms with E-state index in [2.05, 4.69) is 20.5 Å². The fraction of sp³-hybridized carbons (Fsp3) is 0.611. The number of nitrogens with zero attached hydrogens (tertiary/aromatic N) is 3. The topological polar surface area (TPSA) is 130 Å². The summed E-state index contributed by atoms with van der Waals surface area (Å²) in [7, 11) is 0.